The molecule has 2 aliphatic rings. The lowest BCUT2D eigenvalue weighted by molar-refractivity contribution is -0.151. The summed E-state index contributed by atoms with van der Waals surface area (Å²) in [5.74, 6) is 0.0958. The molecule has 1 spiro atoms. The Kier molecular flexibility index (Phi) is 4.59. The minimum atomic E-state index is -0.379. The molecule has 0 radical (unpaired) electrons. The van der Waals surface area contributed by atoms with Gasteiger partial charge in [-0.25, -0.2) is 0 Å². The summed E-state index contributed by atoms with van der Waals surface area (Å²) in [4.78, 5) is 16.0. The number of carbonyl (C=O) groups is 1. The zero-order chi connectivity index (χ0) is 14.7. The molecular formula is C15H22N2O3S. The average molecular weight is 310 g/mol. The van der Waals surface area contributed by atoms with Crippen LogP contribution in [0.4, 0.5) is 0 Å². The second-order valence-electron chi connectivity index (χ2n) is 5.87. The van der Waals surface area contributed by atoms with E-state index in [1.807, 2.05) is 4.90 Å². The van der Waals surface area contributed by atoms with Crippen LogP contribution in [0.3, 0.4) is 0 Å². The number of ether oxygens (including phenoxy) is 2. The lowest BCUT2D eigenvalue weighted by atomic mass is 10.0. The summed E-state index contributed by atoms with van der Waals surface area (Å²) in [6, 6.07) is 2.16. The number of amides is 1. The third-order valence-corrected chi connectivity index (χ3v) is 4.84. The second kappa shape index (κ2) is 6.44. The third-order valence-electron chi connectivity index (χ3n) is 4.11. The SMILES string of the molecule is CC(=O)N1CCOC[C@@]2(CN(Cc3ccsc3)CCO2)C1. The first-order chi connectivity index (χ1) is 10.2. The van der Waals surface area contributed by atoms with Crippen molar-refractivity contribution in [3.63, 3.8) is 0 Å². The summed E-state index contributed by atoms with van der Waals surface area (Å²) in [5.41, 5.74) is 0.964. The lowest BCUT2D eigenvalue weighted by Crippen LogP contribution is -2.58. The number of hydrogen-bond acceptors (Lipinski definition) is 5. The highest BCUT2D eigenvalue weighted by Crippen LogP contribution is 2.24. The molecule has 1 aromatic heterocycles. The van der Waals surface area contributed by atoms with Gasteiger partial charge in [0, 0.05) is 33.1 Å². The van der Waals surface area contributed by atoms with E-state index in [0.717, 1.165) is 19.6 Å². The van der Waals surface area contributed by atoms with Crippen LogP contribution in [-0.2, 0) is 20.8 Å². The van der Waals surface area contributed by atoms with E-state index in [0.29, 0.717) is 32.9 Å². The van der Waals surface area contributed by atoms with Gasteiger partial charge >= 0.3 is 0 Å². The van der Waals surface area contributed by atoms with Crippen LogP contribution in [-0.4, -0.2) is 67.3 Å². The topological polar surface area (TPSA) is 42.0 Å². The maximum atomic E-state index is 11.7. The second-order valence-corrected chi connectivity index (χ2v) is 6.65. The van der Waals surface area contributed by atoms with Gasteiger partial charge in [0.2, 0.25) is 5.91 Å². The molecule has 6 heteroatoms. The Morgan fingerprint density at radius 2 is 2.29 bits per heavy atom. The quantitative estimate of drug-likeness (QED) is 0.823. The van der Waals surface area contributed by atoms with Crippen molar-refractivity contribution < 1.29 is 14.3 Å². The van der Waals surface area contributed by atoms with Crippen molar-refractivity contribution in [2.24, 2.45) is 0 Å². The van der Waals surface area contributed by atoms with Gasteiger partial charge in [-0.15, -0.1) is 0 Å². The van der Waals surface area contributed by atoms with Gasteiger partial charge in [0.05, 0.1) is 26.4 Å². The molecule has 3 rings (SSSR count). The van der Waals surface area contributed by atoms with Gasteiger partial charge in [0.1, 0.15) is 5.60 Å². The van der Waals surface area contributed by atoms with E-state index in [1.165, 1.54) is 5.56 Å². The van der Waals surface area contributed by atoms with Crippen molar-refractivity contribution in [1.82, 2.24) is 9.80 Å². The highest BCUT2D eigenvalue weighted by molar-refractivity contribution is 7.07. The van der Waals surface area contributed by atoms with Gasteiger partial charge in [-0.3, -0.25) is 9.69 Å². The lowest BCUT2D eigenvalue weighted by Gasteiger charge is -2.43. The number of nitrogens with zero attached hydrogens (tertiary/aromatic N) is 2. The molecule has 0 saturated carbocycles. The van der Waals surface area contributed by atoms with E-state index >= 15 is 0 Å². The molecule has 5 nitrogen and oxygen atoms in total. The van der Waals surface area contributed by atoms with E-state index in [4.69, 9.17) is 9.47 Å². The third kappa shape index (κ3) is 3.63. The van der Waals surface area contributed by atoms with Gasteiger partial charge in [0.15, 0.2) is 0 Å². The van der Waals surface area contributed by atoms with Crippen molar-refractivity contribution in [3.8, 4) is 0 Å². The molecule has 1 atom stereocenters. The fourth-order valence-electron chi connectivity index (χ4n) is 3.06. The number of carbonyl (C=O) groups excluding carboxylic acids is 1. The van der Waals surface area contributed by atoms with Crippen LogP contribution < -0.4 is 0 Å². The first-order valence-electron chi connectivity index (χ1n) is 7.38. The normalized spacial score (nSPS) is 27.8. The molecule has 1 aromatic rings. The predicted molar refractivity (Wildman–Crippen MR) is 81.4 cm³/mol. The summed E-state index contributed by atoms with van der Waals surface area (Å²) >= 11 is 1.73. The smallest absolute Gasteiger partial charge is 0.219 e. The van der Waals surface area contributed by atoms with Crippen LogP contribution in [0.1, 0.15) is 12.5 Å². The Morgan fingerprint density at radius 3 is 3.05 bits per heavy atom. The Labute approximate surface area is 129 Å². The molecule has 0 unspecified atom stereocenters. The minimum absolute atomic E-state index is 0.0958. The molecule has 0 N–H and O–H groups in total. The number of thiophene rings is 1. The van der Waals surface area contributed by atoms with Crippen molar-refractivity contribution in [2.45, 2.75) is 19.1 Å². The summed E-state index contributed by atoms with van der Waals surface area (Å²) in [6.07, 6.45) is 0. The van der Waals surface area contributed by atoms with Gasteiger partial charge in [-0.1, -0.05) is 0 Å². The van der Waals surface area contributed by atoms with Crippen LogP contribution in [0.15, 0.2) is 16.8 Å². The van der Waals surface area contributed by atoms with Crippen LogP contribution >= 0.6 is 11.3 Å². The maximum absolute atomic E-state index is 11.7. The fraction of sp³-hybridized carbons (Fsp3) is 0.667. The van der Waals surface area contributed by atoms with Crippen LogP contribution in [0, 0.1) is 0 Å². The largest absolute Gasteiger partial charge is 0.376 e. The Balaban J connectivity index is 1.69. The summed E-state index contributed by atoms with van der Waals surface area (Å²) in [5, 5.41) is 4.30. The zero-order valence-electron chi connectivity index (χ0n) is 12.4. The first kappa shape index (κ1) is 15.0. The first-order valence-corrected chi connectivity index (χ1v) is 8.32. The summed E-state index contributed by atoms with van der Waals surface area (Å²) in [7, 11) is 0. The van der Waals surface area contributed by atoms with Crippen LogP contribution in [0.5, 0.6) is 0 Å². The molecule has 0 bridgehead atoms. The average Bonchev–Trinajstić information content (AvgIpc) is 2.87. The minimum Gasteiger partial charge on any atom is -0.376 e. The molecular weight excluding hydrogens is 288 g/mol. The van der Waals surface area contributed by atoms with Crippen molar-refractivity contribution in [1.29, 1.82) is 0 Å². The van der Waals surface area contributed by atoms with Crippen LogP contribution in [0.2, 0.25) is 0 Å². The number of morpholine rings is 1. The van der Waals surface area contributed by atoms with Crippen molar-refractivity contribution in [3.05, 3.63) is 22.4 Å². The van der Waals surface area contributed by atoms with E-state index < -0.39 is 0 Å². The van der Waals surface area contributed by atoms with Gasteiger partial charge < -0.3 is 14.4 Å². The standard InChI is InChI=1S/C15H22N2O3S/c1-13(18)17-4-5-19-12-15(11-17)10-16(3-6-20-15)8-14-2-7-21-9-14/h2,7,9H,3-6,8,10-12H2,1H3/t15-/m1/s1. The van der Waals surface area contributed by atoms with Gasteiger partial charge in [0.25, 0.3) is 0 Å². The highest BCUT2D eigenvalue weighted by Gasteiger charge is 2.40. The molecule has 0 aromatic carbocycles. The predicted octanol–water partition coefficient (Wildman–Crippen LogP) is 1.20. The summed E-state index contributed by atoms with van der Waals surface area (Å²) in [6.45, 7) is 7.43. The highest BCUT2D eigenvalue weighted by atomic mass is 32.1. The molecule has 21 heavy (non-hydrogen) atoms. The van der Waals surface area contributed by atoms with E-state index in [2.05, 4.69) is 21.7 Å². The monoisotopic (exact) mass is 310 g/mol. The molecule has 116 valence electrons. The molecule has 2 fully saturated rings. The van der Waals surface area contributed by atoms with Crippen LogP contribution in [0.25, 0.3) is 0 Å². The zero-order valence-corrected chi connectivity index (χ0v) is 13.2. The molecule has 2 saturated heterocycles. The van der Waals surface area contributed by atoms with Crippen molar-refractivity contribution >= 4 is 17.2 Å². The van der Waals surface area contributed by atoms with Crippen molar-refractivity contribution in [2.75, 3.05) is 46.0 Å². The molecule has 1 amide bonds. The summed E-state index contributed by atoms with van der Waals surface area (Å²) < 4.78 is 11.8. The van der Waals surface area contributed by atoms with E-state index in [-0.39, 0.29) is 11.5 Å². The molecule has 2 aliphatic heterocycles. The molecule has 3 heterocycles. The Bertz CT molecular complexity index is 479. The van der Waals surface area contributed by atoms with E-state index in [1.54, 1.807) is 18.3 Å². The maximum Gasteiger partial charge on any atom is 0.219 e. The fourth-order valence-corrected chi connectivity index (χ4v) is 3.72. The van der Waals surface area contributed by atoms with E-state index in [9.17, 15) is 4.79 Å². The van der Waals surface area contributed by atoms with Gasteiger partial charge in [-0.05, 0) is 22.4 Å². The number of rotatable bonds is 2. The van der Waals surface area contributed by atoms with Gasteiger partial charge in [-0.2, -0.15) is 11.3 Å². The Morgan fingerprint density at radius 1 is 1.38 bits per heavy atom. The Hall–Kier alpha value is -0.950. The molecule has 0 aliphatic carbocycles. The number of hydrogen-bond donors (Lipinski definition) is 0.